The number of benzene rings is 1. The molecule has 1 aromatic carbocycles. The van der Waals surface area contributed by atoms with E-state index in [1.807, 2.05) is 46.6 Å². The number of likely N-dealkylation sites (tertiary alicyclic amines) is 1. The Labute approximate surface area is 324 Å². The van der Waals surface area contributed by atoms with Crippen molar-refractivity contribution in [2.24, 2.45) is 17.8 Å². The van der Waals surface area contributed by atoms with Crippen LogP contribution in [0.2, 0.25) is 0 Å². The Balaban J connectivity index is 1.80. The predicted molar refractivity (Wildman–Crippen MR) is 208 cm³/mol. The lowest BCUT2D eigenvalue weighted by Crippen LogP contribution is -2.59. The third kappa shape index (κ3) is 13.4. The van der Waals surface area contributed by atoms with Crippen molar-refractivity contribution in [3.63, 3.8) is 0 Å². The molecule has 2 heterocycles. The first kappa shape index (κ1) is 44.4. The molecule has 0 aliphatic carbocycles. The van der Waals surface area contributed by atoms with Gasteiger partial charge < -0.3 is 30.5 Å². The molecule has 3 amide bonds. The van der Waals surface area contributed by atoms with Gasteiger partial charge in [-0.1, -0.05) is 66.5 Å². The number of aromatic hydroxyl groups is 1. The van der Waals surface area contributed by atoms with Crippen molar-refractivity contribution in [1.82, 2.24) is 25.4 Å². The molecule has 0 radical (unpaired) electrons. The zero-order chi connectivity index (χ0) is 39.9. The number of phenols is 1. The van der Waals surface area contributed by atoms with Crippen LogP contribution >= 0.6 is 11.3 Å². The number of thiazole rings is 1. The minimum Gasteiger partial charge on any atom is -0.508 e. The highest BCUT2D eigenvalue weighted by atomic mass is 32.1. The fourth-order valence-corrected chi connectivity index (χ4v) is 7.60. The van der Waals surface area contributed by atoms with Crippen molar-refractivity contribution in [3.05, 3.63) is 45.9 Å². The standard InChI is InChI=1S/C40H61N5O8S/c1-8-12-35(47)53-24-45(39(50)36(26(5)9-2)43-38(49)33-13-10-11-20-44(33)7)32(25(3)4)18-19-34-42-31(23-54-34)37(48)41-29(21-27(6)40(51)52)22-28-14-16-30(46)17-15-28/h14-17,23,25-27,29,32-33,36,46H,8-13,18-22,24H2,1-7H3,(H,41,48)(H,43,49)(H,51,52)/t26?,27-,29+,32+,33+,36-/m0/s1. The molecule has 1 fully saturated rings. The summed E-state index contributed by atoms with van der Waals surface area (Å²) >= 11 is 1.32. The number of rotatable bonds is 21. The van der Waals surface area contributed by atoms with Gasteiger partial charge in [0.25, 0.3) is 5.91 Å². The lowest BCUT2D eigenvalue weighted by molar-refractivity contribution is -0.159. The van der Waals surface area contributed by atoms with Gasteiger partial charge in [0.2, 0.25) is 11.8 Å². The van der Waals surface area contributed by atoms with Crippen molar-refractivity contribution in [3.8, 4) is 5.75 Å². The van der Waals surface area contributed by atoms with Crippen LogP contribution in [-0.2, 0) is 36.8 Å². The second-order valence-corrected chi connectivity index (χ2v) is 16.0. The molecule has 1 saturated heterocycles. The molecule has 300 valence electrons. The number of nitrogens with one attached hydrogen (secondary N) is 2. The van der Waals surface area contributed by atoms with Crippen molar-refractivity contribution >= 4 is 41.0 Å². The van der Waals surface area contributed by atoms with Gasteiger partial charge in [0.15, 0.2) is 6.73 Å². The van der Waals surface area contributed by atoms with E-state index < -0.39 is 35.8 Å². The summed E-state index contributed by atoms with van der Waals surface area (Å²) in [7, 11) is 1.93. The van der Waals surface area contributed by atoms with Crippen LogP contribution < -0.4 is 10.6 Å². The summed E-state index contributed by atoms with van der Waals surface area (Å²) in [5, 5.41) is 27.6. The number of carbonyl (C=O) groups excluding carboxylic acids is 4. The molecule has 54 heavy (non-hydrogen) atoms. The summed E-state index contributed by atoms with van der Waals surface area (Å²) in [4.78, 5) is 73.9. The maximum absolute atomic E-state index is 14.5. The van der Waals surface area contributed by atoms with E-state index in [1.54, 1.807) is 41.5 Å². The van der Waals surface area contributed by atoms with E-state index in [9.17, 15) is 34.2 Å². The molecule has 6 atom stereocenters. The number of hydrogen-bond donors (Lipinski definition) is 4. The number of likely N-dealkylation sites (N-methyl/N-ethyl adjacent to an activating group) is 1. The van der Waals surface area contributed by atoms with Gasteiger partial charge >= 0.3 is 11.9 Å². The predicted octanol–water partition coefficient (Wildman–Crippen LogP) is 5.40. The summed E-state index contributed by atoms with van der Waals surface area (Å²) in [5.41, 5.74) is 1.05. The molecule has 14 heteroatoms. The highest BCUT2D eigenvalue weighted by Gasteiger charge is 2.37. The number of phenolic OH excluding ortho intramolecular Hbond substituents is 1. The van der Waals surface area contributed by atoms with Crippen LogP contribution in [0.1, 0.15) is 114 Å². The molecule has 1 aliphatic rings. The van der Waals surface area contributed by atoms with Crippen LogP contribution in [0, 0.1) is 17.8 Å². The van der Waals surface area contributed by atoms with Crippen molar-refractivity contribution in [2.45, 2.75) is 130 Å². The zero-order valence-electron chi connectivity index (χ0n) is 33.0. The Kier molecular flexibility index (Phi) is 17.9. The smallest absolute Gasteiger partial charge is 0.307 e. The Morgan fingerprint density at radius 2 is 1.76 bits per heavy atom. The molecule has 2 aromatic rings. The fraction of sp³-hybridized carbons (Fsp3) is 0.650. The third-order valence-electron chi connectivity index (χ3n) is 10.4. The molecule has 3 rings (SSSR count). The number of amides is 3. The number of aromatic nitrogens is 1. The second-order valence-electron chi connectivity index (χ2n) is 15.1. The Morgan fingerprint density at radius 1 is 1.06 bits per heavy atom. The number of ether oxygens (including phenoxy) is 1. The highest BCUT2D eigenvalue weighted by Crippen LogP contribution is 2.24. The number of piperidine rings is 1. The Hall–Kier alpha value is -4.04. The lowest BCUT2D eigenvalue weighted by Gasteiger charge is -2.39. The number of aryl methyl sites for hydroxylation is 1. The number of nitrogens with zero attached hydrogens (tertiary/aromatic N) is 3. The van der Waals surface area contributed by atoms with Gasteiger partial charge in [0.1, 0.15) is 17.5 Å². The molecule has 0 bridgehead atoms. The van der Waals surface area contributed by atoms with Crippen molar-refractivity contribution < 1.29 is 38.9 Å². The first-order chi connectivity index (χ1) is 25.6. The summed E-state index contributed by atoms with van der Waals surface area (Å²) in [6, 6.07) is 4.59. The zero-order valence-corrected chi connectivity index (χ0v) is 33.8. The molecule has 1 aliphatic heterocycles. The van der Waals surface area contributed by atoms with E-state index in [1.165, 1.54) is 11.3 Å². The van der Waals surface area contributed by atoms with Gasteiger partial charge in [-0.05, 0) is 81.6 Å². The third-order valence-corrected chi connectivity index (χ3v) is 11.3. The van der Waals surface area contributed by atoms with Gasteiger partial charge in [-0.25, -0.2) is 4.98 Å². The van der Waals surface area contributed by atoms with E-state index in [0.29, 0.717) is 37.1 Å². The van der Waals surface area contributed by atoms with Crippen LogP contribution in [0.3, 0.4) is 0 Å². The summed E-state index contributed by atoms with van der Waals surface area (Å²) in [5.74, 6) is -3.05. The first-order valence-corrected chi connectivity index (χ1v) is 20.3. The maximum atomic E-state index is 14.5. The van der Waals surface area contributed by atoms with Crippen LogP contribution in [0.4, 0.5) is 0 Å². The molecular weight excluding hydrogens is 711 g/mol. The van der Waals surface area contributed by atoms with Crippen molar-refractivity contribution in [1.29, 1.82) is 0 Å². The van der Waals surface area contributed by atoms with E-state index in [4.69, 9.17) is 4.74 Å². The van der Waals surface area contributed by atoms with Gasteiger partial charge in [-0.3, -0.25) is 28.9 Å². The Bertz CT molecular complexity index is 1530. The van der Waals surface area contributed by atoms with Crippen LogP contribution in [0.5, 0.6) is 5.75 Å². The summed E-state index contributed by atoms with van der Waals surface area (Å²) in [6.07, 6.45) is 5.68. The second kappa shape index (κ2) is 21.7. The van der Waals surface area contributed by atoms with Crippen molar-refractivity contribution in [2.75, 3.05) is 20.3 Å². The van der Waals surface area contributed by atoms with Gasteiger partial charge in [0.05, 0.1) is 17.0 Å². The highest BCUT2D eigenvalue weighted by molar-refractivity contribution is 7.09. The minimum atomic E-state index is -0.960. The van der Waals surface area contributed by atoms with Crippen LogP contribution in [0.15, 0.2) is 29.6 Å². The maximum Gasteiger partial charge on any atom is 0.307 e. The monoisotopic (exact) mass is 771 g/mol. The average molecular weight is 772 g/mol. The van der Waals surface area contributed by atoms with E-state index in [2.05, 4.69) is 15.6 Å². The fourth-order valence-electron chi connectivity index (χ4n) is 6.81. The number of aliphatic carboxylic acids is 1. The van der Waals surface area contributed by atoms with Crippen LogP contribution in [-0.4, -0.2) is 99.1 Å². The van der Waals surface area contributed by atoms with E-state index >= 15 is 0 Å². The van der Waals surface area contributed by atoms with Gasteiger partial charge in [-0.2, -0.15) is 0 Å². The molecule has 4 N–H and O–H groups in total. The number of hydrogen-bond acceptors (Lipinski definition) is 10. The summed E-state index contributed by atoms with van der Waals surface area (Å²) in [6.45, 7) is 12.0. The molecule has 0 saturated carbocycles. The SMILES string of the molecule is CCCC(=O)OCN(C(=O)[C@@H](NC(=O)[C@H]1CCCCN1C)C(C)CC)[C@H](CCc1nc(C(=O)N[C@@H](Cc2ccc(O)cc2)C[C@H](C)C(=O)O)cs1)C(C)C. The van der Waals surface area contributed by atoms with Gasteiger partial charge in [-0.15, -0.1) is 11.3 Å². The van der Waals surface area contributed by atoms with E-state index in [0.717, 1.165) is 31.4 Å². The molecule has 1 aromatic heterocycles. The molecule has 0 spiro atoms. The molecule has 1 unspecified atom stereocenters. The van der Waals surface area contributed by atoms with Gasteiger partial charge in [0, 0.05) is 30.3 Å². The average Bonchev–Trinajstić information content (AvgIpc) is 3.61. The number of carbonyl (C=O) groups is 5. The topological polar surface area (TPSA) is 178 Å². The normalized spacial score (nSPS) is 17.5. The largest absolute Gasteiger partial charge is 0.508 e. The molecule has 13 nitrogen and oxygen atoms in total. The van der Waals surface area contributed by atoms with Crippen LogP contribution in [0.25, 0.3) is 0 Å². The lowest BCUT2D eigenvalue weighted by atomic mass is 9.93. The first-order valence-electron chi connectivity index (χ1n) is 19.4. The summed E-state index contributed by atoms with van der Waals surface area (Å²) < 4.78 is 5.64. The van der Waals surface area contributed by atoms with E-state index in [-0.39, 0.29) is 66.7 Å². The number of esters is 1. The number of carboxylic acid groups (broad SMARTS) is 1. The quantitative estimate of drug-likeness (QED) is 0.0949. The number of carboxylic acids is 1. The minimum absolute atomic E-state index is 0.0452. The Morgan fingerprint density at radius 3 is 2.37 bits per heavy atom. The molecular formula is C40H61N5O8S.